The third-order valence-corrected chi connectivity index (χ3v) is 4.71. The molecule has 168 valence electrons. The fourth-order valence-corrected chi connectivity index (χ4v) is 3.08. The molecule has 0 aromatic carbocycles. The molecule has 4 N–H and O–H groups in total. The van der Waals surface area contributed by atoms with Gasteiger partial charge in [-0.15, -0.1) is 0 Å². The van der Waals surface area contributed by atoms with Crippen LogP contribution < -0.4 is 16.2 Å². The summed E-state index contributed by atoms with van der Waals surface area (Å²) in [5.74, 6) is -1.51. The lowest BCUT2D eigenvalue weighted by Gasteiger charge is -2.16. The molecular formula is C21H29N5O5. The lowest BCUT2D eigenvalue weighted by Crippen LogP contribution is -2.37. The molecule has 0 atom stereocenters. The molecule has 0 radical (unpaired) electrons. The Balaban J connectivity index is 2.02. The van der Waals surface area contributed by atoms with Gasteiger partial charge in [-0.1, -0.05) is 13.8 Å². The van der Waals surface area contributed by atoms with Crippen molar-refractivity contribution in [2.75, 3.05) is 6.54 Å². The van der Waals surface area contributed by atoms with E-state index in [2.05, 4.69) is 15.7 Å². The number of nitrogens with zero attached hydrogens (tertiary/aromatic N) is 3. The molecule has 0 unspecified atom stereocenters. The predicted molar refractivity (Wildman–Crippen MR) is 115 cm³/mol. The van der Waals surface area contributed by atoms with Gasteiger partial charge in [0.25, 0.3) is 11.5 Å². The van der Waals surface area contributed by atoms with Gasteiger partial charge in [-0.25, -0.2) is 0 Å². The van der Waals surface area contributed by atoms with E-state index >= 15 is 0 Å². The zero-order valence-corrected chi connectivity index (χ0v) is 18.2. The van der Waals surface area contributed by atoms with Crippen molar-refractivity contribution in [2.24, 2.45) is 5.92 Å². The van der Waals surface area contributed by atoms with Crippen molar-refractivity contribution in [3.63, 3.8) is 0 Å². The van der Waals surface area contributed by atoms with Gasteiger partial charge in [-0.3, -0.25) is 19.0 Å². The quantitative estimate of drug-likeness (QED) is 0.453. The van der Waals surface area contributed by atoms with Crippen LogP contribution in [0.2, 0.25) is 0 Å². The van der Waals surface area contributed by atoms with E-state index in [1.807, 2.05) is 13.8 Å². The number of aliphatic hydroxyl groups is 1. The minimum absolute atomic E-state index is 0.0269. The minimum Gasteiger partial charge on any atom is -0.492 e. The maximum absolute atomic E-state index is 13.2. The Labute approximate surface area is 179 Å². The number of carbonyl (C=O) groups is 2. The van der Waals surface area contributed by atoms with E-state index in [0.717, 1.165) is 17.4 Å². The molecule has 3 rings (SSSR count). The highest BCUT2D eigenvalue weighted by atomic mass is 16.3. The van der Waals surface area contributed by atoms with Gasteiger partial charge in [0, 0.05) is 30.8 Å². The number of hydrogen-bond donors (Lipinski definition) is 4. The van der Waals surface area contributed by atoms with Crippen molar-refractivity contribution in [1.29, 1.82) is 0 Å². The Morgan fingerprint density at radius 3 is 2.61 bits per heavy atom. The molecule has 0 aliphatic heterocycles. The number of fused-ring (bicyclic) bond motifs is 1. The number of nitrogens with one attached hydrogen (secondary N) is 2. The molecule has 1 aliphatic rings. The van der Waals surface area contributed by atoms with Crippen LogP contribution in [0.1, 0.15) is 56.5 Å². The summed E-state index contributed by atoms with van der Waals surface area (Å²) in [4.78, 5) is 37.8. The van der Waals surface area contributed by atoms with Crippen LogP contribution >= 0.6 is 0 Å². The van der Waals surface area contributed by atoms with E-state index in [1.54, 1.807) is 13.8 Å². The molecule has 10 heteroatoms. The fraction of sp³-hybridized carbons (Fsp3) is 0.524. The molecule has 0 saturated heterocycles. The monoisotopic (exact) mass is 431 g/mol. The molecule has 1 saturated carbocycles. The van der Waals surface area contributed by atoms with Gasteiger partial charge in [-0.05, 0) is 38.7 Å². The van der Waals surface area contributed by atoms with Crippen molar-refractivity contribution in [1.82, 2.24) is 24.8 Å². The average Bonchev–Trinajstić information content (AvgIpc) is 3.36. The molecule has 1 aliphatic carbocycles. The number of aromatic hydroxyl groups is 1. The fourth-order valence-electron chi connectivity index (χ4n) is 3.08. The highest BCUT2D eigenvalue weighted by Crippen LogP contribution is 2.23. The molecule has 1 fully saturated rings. The molecular weight excluding hydrogens is 402 g/mol. The molecule has 2 aromatic heterocycles. The van der Waals surface area contributed by atoms with E-state index in [1.165, 1.54) is 22.9 Å². The summed E-state index contributed by atoms with van der Waals surface area (Å²) in [5, 5.41) is 29.8. The maximum Gasteiger partial charge on any atom is 0.270 e. The maximum atomic E-state index is 13.2. The predicted octanol–water partition coefficient (Wildman–Crippen LogP) is 0.650. The first kappa shape index (κ1) is 22.5. The lowest BCUT2D eigenvalue weighted by molar-refractivity contribution is -0.117. The van der Waals surface area contributed by atoms with Gasteiger partial charge in [0.2, 0.25) is 11.8 Å². The minimum atomic E-state index is -1.05. The summed E-state index contributed by atoms with van der Waals surface area (Å²) in [7, 11) is 0. The van der Waals surface area contributed by atoms with Gasteiger partial charge in [0.1, 0.15) is 5.65 Å². The smallest absolute Gasteiger partial charge is 0.270 e. The van der Waals surface area contributed by atoms with Gasteiger partial charge in [-0.2, -0.15) is 9.61 Å². The number of carbonyl (C=O) groups excluding carboxylic acids is 2. The summed E-state index contributed by atoms with van der Waals surface area (Å²) in [6.07, 6.45) is 5.84. The van der Waals surface area contributed by atoms with E-state index < -0.39 is 28.9 Å². The Hall–Kier alpha value is -3.14. The van der Waals surface area contributed by atoms with E-state index in [4.69, 9.17) is 0 Å². The van der Waals surface area contributed by atoms with Gasteiger partial charge in [0.05, 0.1) is 11.8 Å². The van der Waals surface area contributed by atoms with Gasteiger partial charge in [0.15, 0.2) is 5.56 Å². The zero-order chi connectivity index (χ0) is 22.9. The highest BCUT2D eigenvalue weighted by Gasteiger charge is 2.29. The summed E-state index contributed by atoms with van der Waals surface area (Å²) < 4.78 is 2.54. The molecule has 2 amide bonds. The molecule has 0 spiro atoms. The second-order valence-electron chi connectivity index (χ2n) is 8.95. The van der Waals surface area contributed by atoms with E-state index in [9.17, 15) is 24.6 Å². The van der Waals surface area contributed by atoms with Crippen LogP contribution in [0.3, 0.4) is 0 Å². The third-order valence-electron chi connectivity index (χ3n) is 4.71. The van der Waals surface area contributed by atoms with Crippen LogP contribution in [-0.4, -0.2) is 54.4 Å². The topological polar surface area (TPSA) is 138 Å². The van der Waals surface area contributed by atoms with Gasteiger partial charge >= 0.3 is 0 Å². The van der Waals surface area contributed by atoms with Crippen molar-refractivity contribution in [3.8, 4) is 5.88 Å². The van der Waals surface area contributed by atoms with Gasteiger partial charge < -0.3 is 20.8 Å². The van der Waals surface area contributed by atoms with E-state index in [0.29, 0.717) is 12.1 Å². The Morgan fingerprint density at radius 2 is 2.03 bits per heavy atom. The summed E-state index contributed by atoms with van der Waals surface area (Å²) >= 11 is 0. The molecule has 0 bridgehead atoms. The molecule has 2 aromatic rings. The van der Waals surface area contributed by atoms with Crippen molar-refractivity contribution < 1.29 is 19.8 Å². The second kappa shape index (κ2) is 8.54. The van der Waals surface area contributed by atoms with Crippen molar-refractivity contribution in [2.45, 2.75) is 58.7 Å². The van der Waals surface area contributed by atoms with Crippen molar-refractivity contribution >= 4 is 23.5 Å². The summed E-state index contributed by atoms with van der Waals surface area (Å²) in [6, 6.07) is 0.0269. The summed E-state index contributed by atoms with van der Waals surface area (Å²) in [6.45, 7) is 7.37. The summed E-state index contributed by atoms with van der Waals surface area (Å²) in [5.41, 5.74) is -1.29. The first-order valence-electron chi connectivity index (χ1n) is 10.3. The first-order chi connectivity index (χ1) is 14.5. The van der Waals surface area contributed by atoms with E-state index in [-0.39, 0.29) is 29.7 Å². The Kier molecular flexibility index (Phi) is 6.21. The SMILES string of the molecule is CC(C)Cn1c(=O)c(C(=O)NC2CC2)c(O)n2ncc(/C=C/C(=O)NCC(C)(C)O)c12. The molecule has 2 heterocycles. The van der Waals surface area contributed by atoms with Crippen LogP contribution in [0.5, 0.6) is 5.88 Å². The molecule has 10 nitrogen and oxygen atoms in total. The Morgan fingerprint density at radius 1 is 1.35 bits per heavy atom. The number of aromatic nitrogens is 3. The number of amides is 2. The van der Waals surface area contributed by atoms with Crippen LogP contribution in [0.4, 0.5) is 0 Å². The number of hydrogen-bond acceptors (Lipinski definition) is 6. The number of rotatable bonds is 8. The lowest BCUT2D eigenvalue weighted by atomic mass is 10.1. The highest BCUT2D eigenvalue weighted by molar-refractivity contribution is 5.97. The largest absolute Gasteiger partial charge is 0.492 e. The Bertz CT molecular complexity index is 1090. The van der Waals surface area contributed by atoms with Crippen molar-refractivity contribution in [3.05, 3.63) is 33.8 Å². The zero-order valence-electron chi connectivity index (χ0n) is 18.2. The van der Waals surface area contributed by atoms with Crippen LogP contribution in [0.15, 0.2) is 17.1 Å². The van der Waals surface area contributed by atoms with Crippen LogP contribution in [-0.2, 0) is 11.3 Å². The van der Waals surface area contributed by atoms with Crippen LogP contribution in [0, 0.1) is 5.92 Å². The molecule has 31 heavy (non-hydrogen) atoms. The third kappa shape index (κ3) is 5.32. The second-order valence-corrected chi connectivity index (χ2v) is 8.95. The standard InChI is InChI=1S/C21H29N5O5/c1-12(2)10-25-18-13(5-8-15(27)22-11-21(3,4)31)9-23-26(18)20(30)16(19(25)29)17(28)24-14-6-7-14/h5,8-9,12,14,30-31H,6-7,10-11H2,1-4H3,(H,22,27)(H,24,28)/b8-5+. The first-order valence-corrected chi connectivity index (χ1v) is 10.3. The normalized spacial score (nSPS) is 14.5. The van der Waals surface area contributed by atoms with Crippen LogP contribution in [0.25, 0.3) is 11.7 Å². The average molecular weight is 431 g/mol.